The fraction of sp³-hybridized carbons (Fsp3) is 0.333. The number of carbonyl (C=O) groups excluding carboxylic acids is 1. The van der Waals surface area contributed by atoms with Gasteiger partial charge in [-0.2, -0.15) is 0 Å². The summed E-state index contributed by atoms with van der Waals surface area (Å²) in [5, 5.41) is 13.5. The SMILES string of the molecule is CC(C)C(NC(=O)Nc1ccc(Br)cc1F)C(=O)O. The number of rotatable bonds is 4. The standard InChI is InChI=1S/C12H14BrFN2O3/c1-6(2)10(11(17)18)16-12(19)15-9-4-3-7(13)5-8(9)14/h3-6,10H,1-2H3,(H,17,18)(H2,15,16,19). The molecule has 0 radical (unpaired) electrons. The highest BCUT2D eigenvalue weighted by Crippen LogP contribution is 2.19. The Labute approximate surface area is 118 Å². The fourth-order valence-electron chi connectivity index (χ4n) is 1.40. The van der Waals surface area contributed by atoms with Crippen molar-refractivity contribution in [2.45, 2.75) is 19.9 Å². The van der Waals surface area contributed by atoms with Gasteiger partial charge in [-0.1, -0.05) is 29.8 Å². The second-order valence-electron chi connectivity index (χ2n) is 4.28. The Morgan fingerprint density at radius 2 is 2.00 bits per heavy atom. The van der Waals surface area contributed by atoms with E-state index in [1.54, 1.807) is 19.9 Å². The van der Waals surface area contributed by atoms with Crippen LogP contribution in [0.4, 0.5) is 14.9 Å². The van der Waals surface area contributed by atoms with Crippen LogP contribution in [0.1, 0.15) is 13.8 Å². The van der Waals surface area contributed by atoms with Gasteiger partial charge in [-0.3, -0.25) is 0 Å². The summed E-state index contributed by atoms with van der Waals surface area (Å²) in [6.07, 6.45) is 0. The summed E-state index contributed by atoms with van der Waals surface area (Å²) in [7, 11) is 0. The highest BCUT2D eigenvalue weighted by atomic mass is 79.9. The van der Waals surface area contributed by atoms with Gasteiger partial charge in [-0.15, -0.1) is 0 Å². The average molecular weight is 333 g/mol. The maximum Gasteiger partial charge on any atom is 0.326 e. The summed E-state index contributed by atoms with van der Waals surface area (Å²) >= 11 is 3.09. The number of hydrogen-bond donors (Lipinski definition) is 3. The Bertz CT molecular complexity index is 494. The van der Waals surface area contributed by atoms with Crippen molar-refractivity contribution in [1.82, 2.24) is 5.32 Å². The number of anilines is 1. The first kappa shape index (κ1) is 15.4. The summed E-state index contributed by atoms with van der Waals surface area (Å²) in [5.41, 5.74) is -0.0198. The third-order valence-electron chi connectivity index (χ3n) is 2.40. The van der Waals surface area contributed by atoms with Gasteiger partial charge in [0.25, 0.3) is 0 Å². The van der Waals surface area contributed by atoms with E-state index < -0.39 is 23.9 Å². The molecule has 0 saturated heterocycles. The maximum atomic E-state index is 13.5. The lowest BCUT2D eigenvalue weighted by Gasteiger charge is -2.18. The van der Waals surface area contributed by atoms with E-state index in [1.165, 1.54) is 12.1 Å². The molecular weight excluding hydrogens is 319 g/mol. The van der Waals surface area contributed by atoms with Crippen molar-refractivity contribution in [2.75, 3.05) is 5.32 Å². The minimum atomic E-state index is -1.14. The van der Waals surface area contributed by atoms with Crippen LogP contribution < -0.4 is 10.6 Å². The second-order valence-corrected chi connectivity index (χ2v) is 5.20. The summed E-state index contributed by atoms with van der Waals surface area (Å²) in [5.74, 6) is -2.03. The quantitative estimate of drug-likeness (QED) is 0.793. The van der Waals surface area contributed by atoms with Crippen LogP contribution in [-0.4, -0.2) is 23.1 Å². The second kappa shape index (κ2) is 6.51. The van der Waals surface area contributed by atoms with E-state index in [0.717, 1.165) is 0 Å². The average Bonchev–Trinajstić information content (AvgIpc) is 2.29. The highest BCUT2D eigenvalue weighted by Gasteiger charge is 2.23. The molecule has 7 heteroatoms. The first-order valence-corrected chi connectivity index (χ1v) is 6.36. The van der Waals surface area contributed by atoms with Crippen LogP contribution in [0.2, 0.25) is 0 Å². The molecule has 104 valence electrons. The van der Waals surface area contributed by atoms with E-state index in [2.05, 4.69) is 26.6 Å². The molecule has 0 aliphatic heterocycles. The molecule has 0 bridgehead atoms. The number of carboxylic acid groups (broad SMARTS) is 1. The summed E-state index contributed by atoms with van der Waals surface area (Å²) < 4.78 is 14.0. The molecule has 0 heterocycles. The van der Waals surface area contributed by atoms with Crippen LogP contribution in [-0.2, 0) is 4.79 Å². The smallest absolute Gasteiger partial charge is 0.326 e. The monoisotopic (exact) mass is 332 g/mol. The zero-order valence-corrected chi connectivity index (χ0v) is 12.0. The molecule has 0 saturated carbocycles. The topological polar surface area (TPSA) is 78.4 Å². The van der Waals surface area contributed by atoms with Crippen LogP contribution in [0, 0.1) is 11.7 Å². The summed E-state index contributed by atoms with van der Waals surface area (Å²) in [4.78, 5) is 22.5. The highest BCUT2D eigenvalue weighted by molar-refractivity contribution is 9.10. The number of carboxylic acids is 1. The Balaban J connectivity index is 2.72. The van der Waals surface area contributed by atoms with Crippen LogP contribution in [0.15, 0.2) is 22.7 Å². The predicted octanol–water partition coefficient (Wildman–Crippen LogP) is 2.82. The minimum absolute atomic E-state index is 0.0198. The van der Waals surface area contributed by atoms with Gasteiger partial charge in [0.1, 0.15) is 11.9 Å². The van der Waals surface area contributed by atoms with Gasteiger partial charge in [0.2, 0.25) is 0 Å². The predicted molar refractivity (Wildman–Crippen MR) is 72.5 cm³/mol. The molecule has 19 heavy (non-hydrogen) atoms. The number of nitrogens with one attached hydrogen (secondary N) is 2. The molecule has 1 aromatic rings. The van der Waals surface area contributed by atoms with Crippen molar-refractivity contribution in [3.63, 3.8) is 0 Å². The summed E-state index contributed by atoms with van der Waals surface area (Å²) in [6, 6.07) is 2.35. The molecule has 1 rings (SSSR count). The molecule has 0 spiro atoms. The fourth-order valence-corrected chi connectivity index (χ4v) is 1.74. The van der Waals surface area contributed by atoms with Crippen molar-refractivity contribution in [3.05, 3.63) is 28.5 Å². The Hall–Kier alpha value is -1.63. The normalized spacial score (nSPS) is 12.1. The molecule has 0 aliphatic carbocycles. The minimum Gasteiger partial charge on any atom is -0.480 e. The molecule has 1 aromatic carbocycles. The summed E-state index contributed by atoms with van der Waals surface area (Å²) in [6.45, 7) is 3.33. The third kappa shape index (κ3) is 4.51. The lowest BCUT2D eigenvalue weighted by molar-refractivity contribution is -0.140. The Morgan fingerprint density at radius 3 is 2.47 bits per heavy atom. The van der Waals surface area contributed by atoms with E-state index in [1.807, 2.05) is 0 Å². The molecular formula is C12H14BrFN2O3. The van der Waals surface area contributed by atoms with Crippen molar-refractivity contribution < 1.29 is 19.1 Å². The van der Waals surface area contributed by atoms with Crippen LogP contribution in [0.5, 0.6) is 0 Å². The molecule has 2 amide bonds. The zero-order valence-electron chi connectivity index (χ0n) is 10.4. The molecule has 1 unspecified atom stereocenters. The number of hydrogen-bond acceptors (Lipinski definition) is 2. The molecule has 0 aromatic heterocycles. The van der Waals surface area contributed by atoms with Gasteiger partial charge in [-0.05, 0) is 24.1 Å². The van der Waals surface area contributed by atoms with Gasteiger partial charge in [0.15, 0.2) is 0 Å². The molecule has 1 atom stereocenters. The van der Waals surface area contributed by atoms with Crippen molar-refractivity contribution in [2.24, 2.45) is 5.92 Å². The van der Waals surface area contributed by atoms with Crippen LogP contribution >= 0.6 is 15.9 Å². The van der Waals surface area contributed by atoms with Gasteiger partial charge >= 0.3 is 12.0 Å². The van der Waals surface area contributed by atoms with E-state index in [4.69, 9.17) is 5.11 Å². The number of benzene rings is 1. The molecule has 0 fully saturated rings. The first-order chi connectivity index (χ1) is 8.81. The van der Waals surface area contributed by atoms with Crippen LogP contribution in [0.25, 0.3) is 0 Å². The van der Waals surface area contributed by atoms with Crippen LogP contribution in [0.3, 0.4) is 0 Å². The Morgan fingerprint density at radius 1 is 1.37 bits per heavy atom. The van der Waals surface area contributed by atoms with Crippen molar-refractivity contribution in [1.29, 1.82) is 0 Å². The van der Waals surface area contributed by atoms with E-state index in [9.17, 15) is 14.0 Å². The van der Waals surface area contributed by atoms with Crippen molar-refractivity contribution >= 4 is 33.6 Å². The molecule has 3 N–H and O–H groups in total. The third-order valence-corrected chi connectivity index (χ3v) is 2.89. The van der Waals surface area contributed by atoms with Gasteiger partial charge < -0.3 is 15.7 Å². The zero-order chi connectivity index (χ0) is 14.6. The van der Waals surface area contributed by atoms with E-state index in [0.29, 0.717) is 4.47 Å². The largest absolute Gasteiger partial charge is 0.480 e. The van der Waals surface area contributed by atoms with Gasteiger partial charge in [0, 0.05) is 4.47 Å². The molecule has 5 nitrogen and oxygen atoms in total. The Kier molecular flexibility index (Phi) is 5.29. The number of carbonyl (C=O) groups is 2. The molecule has 0 aliphatic rings. The number of amides is 2. The van der Waals surface area contributed by atoms with E-state index in [-0.39, 0.29) is 11.6 Å². The lowest BCUT2D eigenvalue weighted by Crippen LogP contribution is -2.46. The van der Waals surface area contributed by atoms with Crippen molar-refractivity contribution in [3.8, 4) is 0 Å². The van der Waals surface area contributed by atoms with Gasteiger partial charge in [-0.25, -0.2) is 14.0 Å². The van der Waals surface area contributed by atoms with Gasteiger partial charge in [0.05, 0.1) is 5.69 Å². The number of aliphatic carboxylic acids is 1. The first-order valence-electron chi connectivity index (χ1n) is 5.56. The maximum absolute atomic E-state index is 13.5. The number of halogens is 2. The lowest BCUT2D eigenvalue weighted by atomic mass is 10.1. The van der Waals surface area contributed by atoms with E-state index >= 15 is 0 Å². The number of urea groups is 1.